The monoisotopic (exact) mass is 285 g/mol. The zero-order valence-corrected chi connectivity index (χ0v) is 12.3. The minimum atomic E-state index is -0.169. The molecule has 1 N–H and O–H groups in total. The quantitative estimate of drug-likeness (QED) is 0.655. The van der Waals surface area contributed by atoms with Gasteiger partial charge in [0.1, 0.15) is 23.9 Å². The van der Waals surface area contributed by atoms with Gasteiger partial charge >= 0.3 is 0 Å². The van der Waals surface area contributed by atoms with Crippen LogP contribution in [0.4, 0.5) is 0 Å². The van der Waals surface area contributed by atoms with Crippen molar-refractivity contribution in [3.05, 3.63) is 59.6 Å². The van der Waals surface area contributed by atoms with E-state index in [0.717, 1.165) is 17.1 Å². The third-order valence-corrected chi connectivity index (χ3v) is 2.91. The van der Waals surface area contributed by atoms with Gasteiger partial charge < -0.3 is 14.5 Å². The number of rotatable bonds is 6. The molecular weight excluding hydrogens is 266 g/mol. The topological polar surface area (TPSA) is 51.5 Å². The van der Waals surface area contributed by atoms with Crippen molar-refractivity contribution in [2.24, 2.45) is 0 Å². The third kappa shape index (κ3) is 4.84. The van der Waals surface area contributed by atoms with Crippen molar-refractivity contribution in [1.82, 2.24) is 5.32 Å². The highest BCUT2D eigenvalue weighted by atomic mass is 16.5. The number of aryl methyl sites for hydroxylation is 2. The molecule has 2 aromatic rings. The maximum Gasteiger partial charge on any atom is 0.244 e. The Bertz CT molecular complexity index is 628. The highest BCUT2D eigenvalue weighted by Crippen LogP contribution is 2.15. The summed E-state index contributed by atoms with van der Waals surface area (Å²) in [4.78, 5) is 11.6. The molecule has 0 spiro atoms. The van der Waals surface area contributed by atoms with Crippen molar-refractivity contribution in [3.63, 3.8) is 0 Å². The van der Waals surface area contributed by atoms with E-state index in [2.05, 4.69) is 5.32 Å². The summed E-state index contributed by atoms with van der Waals surface area (Å²) in [6.45, 7) is 4.74. The van der Waals surface area contributed by atoms with Crippen LogP contribution in [0.15, 0.2) is 46.9 Å². The Balaban J connectivity index is 1.70. The van der Waals surface area contributed by atoms with Gasteiger partial charge in [0.05, 0.1) is 6.54 Å². The Hall–Kier alpha value is -2.49. The first-order valence-corrected chi connectivity index (χ1v) is 6.86. The van der Waals surface area contributed by atoms with Crippen LogP contribution in [-0.4, -0.2) is 19.1 Å². The predicted molar refractivity (Wildman–Crippen MR) is 82.2 cm³/mol. The first-order valence-electron chi connectivity index (χ1n) is 6.86. The number of benzene rings is 1. The Morgan fingerprint density at radius 3 is 2.76 bits per heavy atom. The molecule has 2 rings (SSSR count). The molecule has 110 valence electrons. The molecule has 1 aromatic carbocycles. The SMILES string of the molecule is Cc1ccc(/C=C/C(=O)NCCOc2ccccc2C)o1. The molecule has 1 amide bonds. The second kappa shape index (κ2) is 7.33. The minimum Gasteiger partial charge on any atom is -0.491 e. The van der Waals surface area contributed by atoms with Crippen LogP contribution in [0.3, 0.4) is 0 Å². The van der Waals surface area contributed by atoms with Crippen molar-refractivity contribution in [2.75, 3.05) is 13.2 Å². The van der Waals surface area contributed by atoms with Crippen LogP contribution in [0.25, 0.3) is 6.08 Å². The van der Waals surface area contributed by atoms with E-state index in [1.807, 2.05) is 50.2 Å². The van der Waals surface area contributed by atoms with Crippen molar-refractivity contribution < 1.29 is 13.9 Å². The molecule has 0 aliphatic heterocycles. The van der Waals surface area contributed by atoms with E-state index in [1.54, 1.807) is 6.08 Å². The van der Waals surface area contributed by atoms with Crippen LogP contribution in [0.1, 0.15) is 17.1 Å². The van der Waals surface area contributed by atoms with Gasteiger partial charge in [-0.25, -0.2) is 0 Å². The minimum absolute atomic E-state index is 0.169. The standard InChI is InChI=1S/C17H19NO3/c1-13-5-3-4-6-16(13)20-12-11-18-17(19)10-9-15-8-7-14(2)21-15/h3-10H,11-12H2,1-2H3,(H,18,19)/b10-9+. The average molecular weight is 285 g/mol. The molecule has 0 unspecified atom stereocenters. The van der Waals surface area contributed by atoms with Gasteiger partial charge in [-0.3, -0.25) is 4.79 Å². The summed E-state index contributed by atoms with van der Waals surface area (Å²) >= 11 is 0. The highest BCUT2D eigenvalue weighted by Gasteiger charge is 1.99. The zero-order chi connectivity index (χ0) is 15.1. The van der Waals surface area contributed by atoms with Gasteiger partial charge in [0, 0.05) is 6.08 Å². The van der Waals surface area contributed by atoms with Gasteiger partial charge in [-0.2, -0.15) is 0 Å². The number of furan rings is 1. The molecule has 4 nitrogen and oxygen atoms in total. The van der Waals surface area contributed by atoms with Gasteiger partial charge in [-0.1, -0.05) is 18.2 Å². The Morgan fingerprint density at radius 1 is 1.24 bits per heavy atom. The van der Waals surface area contributed by atoms with E-state index in [1.165, 1.54) is 6.08 Å². The lowest BCUT2D eigenvalue weighted by atomic mass is 10.2. The average Bonchev–Trinajstić information content (AvgIpc) is 2.89. The largest absolute Gasteiger partial charge is 0.491 e. The summed E-state index contributed by atoms with van der Waals surface area (Å²) in [6.07, 6.45) is 3.09. The van der Waals surface area contributed by atoms with E-state index in [9.17, 15) is 4.79 Å². The van der Waals surface area contributed by atoms with Crippen LogP contribution in [-0.2, 0) is 4.79 Å². The summed E-state index contributed by atoms with van der Waals surface area (Å²) in [7, 11) is 0. The van der Waals surface area contributed by atoms with Gasteiger partial charge in [-0.15, -0.1) is 0 Å². The van der Waals surface area contributed by atoms with Crippen LogP contribution in [0.2, 0.25) is 0 Å². The van der Waals surface area contributed by atoms with Gasteiger partial charge in [0.2, 0.25) is 5.91 Å². The van der Waals surface area contributed by atoms with E-state index in [-0.39, 0.29) is 5.91 Å². The molecule has 0 radical (unpaired) electrons. The zero-order valence-electron chi connectivity index (χ0n) is 12.3. The summed E-state index contributed by atoms with van der Waals surface area (Å²) in [6, 6.07) is 11.5. The number of hydrogen-bond acceptors (Lipinski definition) is 3. The third-order valence-electron chi connectivity index (χ3n) is 2.91. The maximum absolute atomic E-state index is 11.6. The molecule has 21 heavy (non-hydrogen) atoms. The molecular formula is C17H19NO3. The van der Waals surface area contributed by atoms with Crippen LogP contribution < -0.4 is 10.1 Å². The molecule has 0 saturated heterocycles. The number of carbonyl (C=O) groups excluding carboxylic acids is 1. The summed E-state index contributed by atoms with van der Waals surface area (Å²) in [5, 5.41) is 2.76. The van der Waals surface area contributed by atoms with Crippen molar-refractivity contribution in [3.8, 4) is 5.75 Å². The van der Waals surface area contributed by atoms with Gasteiger partial charge in [0.25, 0.3) is 0 Å². The lowest BCUT2D eigenvalue weighted by Gasteiger charge is -2.08. The number of amides is 1. The lowest BCUT2D eigenvalue weighted by Crippen LogP contribution is -2.26. The molecule has 4 heteroatoms. The van der Waals surface area contributed by atoms with Crippen LogP contribution in [0, 0.1) is 13.8 Å². The van der Waals surface area contributed by atoms with E-state index in [4.69, 9.17) is 9.15 Å². The first kappa shape index (κ1) is 14.9. The molecule has 0 fully saturated rings. The van der Waals surface area contributed by atoms with E-state index in [0.29, 0.717) is 18.9 Å². The molecule has 0 bridgehead atoms. The lowest BCUT2D eigenvalue weighted by molar-refractivity contribution is -0.116. The Kier molecular flexibility index (Phi) is 5.21. The Morgan fingerprint density at radius 2 is 2.05 bits per heavy atom. The summed E-state index contributed by atoms with van der Waals surface area (Å²) in [5.74, 6) is 2.16. The number of hydrogen-bond donors (Lipinski definition) is 1. The number of nitrogens with one attached hydrogen (secondary N) is 1. The molecule has 1 heterocycles. The smallest absolute Gasteiger partial charge is 0.244 e. The molecule has 1 aromatic heterocycles. The van der Waals surface area contributed by atoms with Crippen molar-refractivity contribution in [2.45, 2.75) is 13.8 Å². The van der Waals surface area contributed by atoms with Gasteiger partial charge in [0.15, 0.2) is 0 Å². The highest BCUT2D eigenvalue weighted by molar-refractivity contribution is 5.91. The molecule has 0 saturated carbocycles. The summed E-state index contributed by atoms with van der Waals surface area (Å²) < 4.78 is 10.9. The molecule has 0 atom stereocenters. The fourth-order valence-electron chi connectivity index (χ4n) is 1.81. The maximum atomic E-state index is 11.6. The number of carbonyl (C=O) groups is 1. The van der Waals surface area contributed by atoms with Crippen LogP contribution >= 0.6 is 0 Å². The normalized spacial score (nSPS) is 10.8. The summed E-state index contributed by atoms with van der Waals surface area (Å²) in [5.41, 5.74) is 1.08. The van der Waals surface area contributed by atoms with Gasteiger partial charge in [-0.05, 0) is 43.7 Å². The Labute approximate surface area is 124 Å². The molecule has 0 aliphatic rings. The fourth-order valence-corrected chi connectivity index (χ4v) is 1.81. The van der Waals surface area contributed by atoms with Crippen LogP contribution in [0.5, 0.6) is 5.75 Å². The fraction of sp³-hybridized carbons (Fsp3) is 0.235. The first-order chi connectivity index (χ1) is 10.1. The number of para-hydroxylation sites is 1. The predicted octanol–water partition coefficient (Wildman–Crippen LogP) is 3.10. The number of ether oxygens (including phenoxy) is 1. The van der Waals surface area contributed by atoms with E-state index < -0.39 is 0 Å². The van der Waals surface area contributed by atoms with Crippen molar-refractivity contribution in [1.29, 1.82) is 0 Å². The second-order valence-corrected chi connectivity index (χ2v) is 4.69. The van der Waals surface area contributed by atoms with Crippen molar-refractivity contribution >= 4 is 12.0 Å². The molecule has 0 aliphatic carbocycles. The van der Waals surface area contributed by atoms with E-state index >= 15 is 0 Å². The second-order valence-electron chi connectivity index (χ2n) is 4.69.